The van der Waals surface area contributed by atoms with Crippen LogP contribution in [0.15, 0.2) is 0 Å². The van der Waals surface area contributed by atoms with Crippen molar-refractivity contribution in [3.8, 4) is 0 Å². The van der Waals surface area contributed by atoms with E-state index in [2.05, 4.69) is 10.1 Å². The maximum Gasteiger partial charge on any atom is 0.317 e. The minimum absolute atomic E-state index is 0.344. The highest BCUT2D eigenvalue weighted by atomic mass is 16.6. The first kappa shape index (κ1) is 18.3. The van der Waals surface area contributed by atoms with E-state index in [9.17, 15) is 34.8 Å². The maximum absolute atomic E-state index is 11.7. The van der Waals surface area contributed by atoms with Gasteiger partial charge in [0.15, 0.2) is 18.3 Å². The van der Waals surface area contributed by atoms with Gasteiger partial charge in [-0.2, -0.15) is 0 Å². The Morgan fingerprint density at radius 1 is 0.955 bits per heavy atom. The number of aliphatic hydroxyl groups excluding tert-OH is 4. The molecular formula is C11H17NO10. The lowest BCUT2D eigenvalue weighted by atomic mass is 9.98. The Balaban J connectivity index is 2.55. The van der Waals surface area contributed by atoms with Gasteiger partial charge in [0, 0.05) is 6.54 Å². The number of ether oxygens (including phenoxy) is 1. The first-order valence-electron chi connectivity index (χ1n) is 6.27. The van der Waals surface area contributed by atoms with Gasteiger partial charge in [0.1, 0.15) is 18.3 Å². The molecule has 0 saturated carbocycles. The summed E-state index contributed by atoms with van der Waals surface area (Å²) in [5.41, 5.74) is 0. The number of aliphatic carboxylic acids is 2. The number of rotatable bonds is 6. The molecule has 1 saturated heterocycles. The number of carbonyl (C=O) groups excluding carboxylic acids is 1. The summed E-state index contributed by atoms with van der Waals surface area (Å²) in [7, 11) is 0. The van der Waals surface area contributed by atoms with Gasteiger partial charge in [-0.3, -0.25) is 14.4 Å². The van der Waals surface area contributed by atoms with Gasteiger partial charge in [-0.1, -0.05) is 0 Å². The smallest absolute Gasteiger partial charge is 0.317 e. The first-order valence-corrected chi connectivity index (χ1v) is 6.27. The molecule has 1 amide bonds. The minimum atomic E-state index is -1.89. The van der Waals surface area contributed by atoms with Crippen molar-refractivity contribution in [2.45, 2.75) is 37.1 Å². The van der Waals surface area contributed by atoms with E-state index in [1.807, 2.05) is 0 Å². The molecule has 0 aromatic heterocycles. The number of amides is 1. The predicted molar refractivity (Wildman–Crippen MR) is 65.3 cm³/mol. The fourth-order valence-electron chi connectivity index (χ4n) is 1.87. The van der Waals surface area contributed by atoms with E-state index in [1.54, 1.807) is 0 Å². The zero-order valence-electron chi connectivity index (χ0n) is 11.2. The zero-order chi connectivity index (χ0) is 17.0. The molecule has 0 aliphatic carbocycles. The summed E-state index contributed by atoms with van der Waals surface area (Å²) >= 11 is 0. The van der Waals surface area contributed by atoms with Gasteiger partial charge in [0.2, 0.25) is 0 Å². The fourth-order valence-corrected chi connectivity index (χ4v) is 1.87. The molecule has 0 bridgehead atoms. The number of carbonyl (C=O) groups is 3. The lowest BCUT2D eigenvalue weighted by molar-refractivity contribution is -0.275. The Bertz CT molecular complexity index is 427. The third kappa shape index (κ3) is 4.11. The molecule has 1 heterocycles. The highest BCUT2D eigenvalue weighted by Gasteiger charge is 2.46. The summed E-state index contributed by atoms with van der Waals surface area (Å²) in [4.78, 5) is 33.0. The van der Waals surface area contributed by atoms with Crippen molar-refractivity contribution in [1.82, 2.24) is 5.32 Å². The highest BCUT2D eigenvalue weighted by Crippen LogP contribution is 2.19. The van der Waals surface area contributed by atoms with Crippen molar-refractivity contribution in [1.29, 1.82) is 0 Å². The third-order valence-corrected chi connectivity index (χ3v) is 3.18. The molecule has 5 unspecified atom stereocenters. The molecule has 22 heavy (non-hydrogen) atoms. The van der Waals surface area contributed by atoms with Crippen molar-refractivity contribution in [3.63, 3.8) is 0 Å². The molecule has 11 heteroatoms. The Morgan fingerprint density at radius 2 is 1.50 bits per heavy atom. The number of hydrogen-bond donors (Lipinski definition) is 7. The van der Waals surface area contributed by atoms with Crippen LogP contribution >= 0.6 is 0 Å². The van der Waals surface area contributed by atoms with Crippen LogP contribution in [0.3, 0.4) is 0 Å². The monoisotopic (exact) mass is 323 g/mol. The van der Waals surface area contributed by atoms with Crippen LogP contribution in [0.5, 0.6) is 0 Å². The number of aliphatic hydroxyl groups is 4. The fraction of sp³-hybridized carbons (Fsp3) is 0.727. The SMILES string of the molecule is O=C(O)C(CCNC(=O)C1OC(O)C(O)C(O)C1O)C(=O)O. The van der Waals surface area contributed by atoms with Crippen molar-refractivity contribution in [2.24, 2.45) is 5.92 Å². The van der Waals surface area contributed by atoms with Gasteiger partial charge in [0.05, 0.1) is 0 Å². The van der Waals surface area contributed by atoms with Crippen LogP contribution in [0.1, 0.15) is 6.42 Å². The van der Waals surface area contributed by atoms with E-state index >= 15 is 0 Å². The molecule has 1 rings (SSSR count). The van der Waals surface area contributed by atoms with E-state index in [0.717, 1.165) is 0 Å². The molecule has 126 valence electrons. The average Bonchev–Trinajstić information content (AvgIpc) is 2.44. The van der Waals surface area contributed by atoms with Gasteiger partial charge in [-0.25, -0.2) is 0 Å². The average molecular weight is 323 g/mol. The molecule has 1 aliphatic rings. The molecule has 11 nitrogen and oxygen atoms in total. The summed E-state index contributed by atoms with van der Waals surface area (Å²) in [5.74, 6) is -5.84. The van der Waals surface area contributed by atoms with Crippen molar-refractivity contribution >= 4 is 17.8 Å². The molecule has 7 N–H and O–H groups in total. The van der Waals surface area contributed by atoms with Crippen LogP contribution in [0.25, 0.3) is 0 Å². The van der Waals surface area contributed by atoms with Crippen molar-refractivity contribution in [2.75, 3.05) is 6.54 Å². The van der Waals surface area contributed by atoms with Gasteiger partial charge < -0.3 is 40.7 Å². The highest BCUT2D eigenvalue weighted by molar-refractivity contribution is 5.92. The number of carboxylic acid groups (broad SMARTS) is 2. The maximum atomic E-state index is 11.7. The molecule has 0 spiro atoms. The van der Waals surface area contributed by atoms with E-state index in [0.29, 0.717) is 0 Å². The van der Waals surface area contributed by atoms with E-state index in [-0.39, 0.29) is 6.54 Å². The van der Waals surface area contributed by atoms with Crippen LogP contribution < -0.4 is 5.32 Å². The minimum Gasteiger partial charge on any atom is -0.481 e. The largest absolute Gasteiger partial charge is 0.481 e. The number of carboxylic acids is 2. The molecule has 1 aliphatic heterocycles. The summed E-state index contributed by atoms with van der Waals surface area (Å²) in [5, 5.41) is 56.9. The lowest BCUT2D eigenvalue weighted by Crippen LogP contribution is -2.61. The second-order valence-corrected chi connectivity index (χ2v) is 4.73. The Hall–Kier alpha value is -1.79. The van der Waals surface area contributed by atoms with Crippen molar-refractivity contribution < 1.29 is 49.8 Å². The Morgan fingerprint density at radius 3 is 2.00 bits per heavy atom. The molecular weight excluding hydrogens is 306 g/mol. The summed E-state index contributed by atoms with van der Waals surface area (Å²) < 4.78 is 4.65. The summed E-state index contributed by atoms with van der Waals surface area (Å²) in [6.45, 7) is -0.344. The first-order chi connectivity index (χ1) is 10.2. The standard InChI is InChI=1S/C11H17NO10/c13-4-5(14)7(22-11(21)6(4)15)8(16)12-2-1-3(9(17)18)10(19)20/h3-7,11,13-15,21H,1-2H2,(H,12,16)(H,17,18)(H,19,20). The molecule has 0 aromatic carbocycles. The van der Waals surface area contributed by atoms with Crippen LogP contribution in [0.4, 0.5) is 0 Å². The quantitative estimate of drug-likeness (QED) is 0.237. The second kappa shape index (κ2) is 7.47. The van der Waals surface area contributed by atoms with Gasteiger partial charge in [-0.15, -0.1) is 0 Å². The topological polar surface area (TPSA) is 194 Å². The Labute approximate surface area is 123 Å². The van der Waals surface area contributed by atoms with E-state index < -0.39 is 60.9 Å². The van der Waals surface area contributed by atoms with Crippen LogP contribution in [-0.4, -0.2) is 85.7 Å². The third-order valence-electron chi connectivity index (χ3n) is 3.18. The van der Waals surface area contributed by atoms with Crippen LogP contribution in [-0.2, 0) is 19.1 Å². The lowest BCUT2D eigenvalue weighted by Gasteiger charge is -2.37. The molecule has 0 radical (unpaired) electrons. The number of hydrogen-bond acceptors (Lipinski definition) is 8. The van der Waals surface area contributed by atoms with Gasteiger partial charge in [-0.05, 0) is 6.42 Å². The zero-order valence-corrected chi connectivity index (χ0v) is 11.2. The van der Waals surface area contributed by atoms with Gasteiger partial charge in [0.25, 0.3) is 5.91 Å². The van der Waals surface area contributed by atoms with Crippen LogP contribution in [0, 0.1) is 5.92 Å². The normalized spacial score (nSPS) is 31.8. The number of nitrogens with one attached hydrogen (secondary N) is 1. The molecule has 5 atom stereocenters. The van der Waals surface area contributed by atoms with Gasteiger partial charge >= 0.3 is 11.9 Å². The van der Waals surface area contributed by atoms with Crippen LogP contribution in [0.2, 0.25) is 0 Å². The Kier molecular flexibility index (Phi) is 6.20. The van der Waals surface area contributed by atoms with E-state index in [4.69, 9.17) is 10.2 Å². The van der Waals surface area contributed by atoms with Crippen molar-refractivity contribution in [3.05, 3.63) is 0 Å². The summed E-state index contributed by atoms with van der Waals surface area (Å²) in [6, 6.07) is 0. The summed E-state index contributed by atoms with van der Waals surface area (Å²) in [6.07, 6.45) is -9.41. The molecule has 0 aromatic rings. The molecule has 1 fully saturated rings. The second-order valence-electron chi connectivity index (χ2n) is 4.73. The van der Waals surface area contributed by atoms with E-state index in [1.165, 1.54) is 0 Å². The predicted octanol–water partition coefficient (Wildman–Crippen LogP) is -3.92.